The molecule has 0 bridgehead atoms. The first-order chi connectivity index (χ1) is 10.4. The summed E-state index contributed by atoms with van der Waals surface area (Å²) in [5.74, 6) is -1.06. The summed E-state index contributed by atoms with van der Waals surface area (Å²) in [6, 6.07) is 0. The highest BCUT2D eigenvalue weighted by molar-refractivity contribution is 6.33. The number of unbranched alkanes of at least 4 members (excludes halogenated alkanes) is 10. The van der Waals surface area contributed by atoms with E-state index >= 15 is 0 Å². The number of carbonyl (C=O) groups is 2. The lowest BCUT2D eigenvalue weighted by molar-refractivity contribution is -0.162. The zero-order chi connectivity index (χ0) is 16.8. The molecule has 0 spiro atoms. The molecule has 22 heavy (non-hydrogen) atoms. The van der Waals surface area contributed by atoms with Crippen LogP contribution in [0.5, 0.6) is 0 Å². The molecule has 0 aliphatic carbocycles. The molecule has 0 saturated carbocycles. The van der Waals surface area contributed by atoms with Gasteiger partial charge in [0.1, 0.15) is 5.60 Å². The fraction of sp³-hybridized carbons (Fsp3) is 0.895. The standard InChI is InChI=1S/C19H36O3/c1-5-6-7-8-9-10-11-12-13-14-15-16-17(20)18(21)22-19(2,3)4/h5-16H2,1-4H3. The van der Waals surface area contributed by atoms with E-state index in [2.05, 4.69) is 6.92 Å². The summed E-state index contributed by atoms with van der Waals surface area (Å²) >= 11 is 0. The Bertz CT molecular complexity index is 302. The van der Waals surface area contributed by atoms with E-state index < -0.39 is 11.6 Å². The van der Waals surface area contributed by atoms with Gasteiger partial charge in [0.25, 0.3) is 0 Å². The van der Waals surface area contributed by atoms with Gasteiger partial charge in [-0.05, 0) is 27.2 Å². The van der Waals surface area contributed by atoms with Gasteiger partial charge >= 0.3 is 5.97 Å². The van der Waals surface area contributed by atoms with Crippen molar-refractivity contribution in [2.75, 3.05) is 0 Å². The minimum atomic E-state index is -0.681. The second-order valence-corrected chi connectivity index (χ2v) is 7.21. The average molecular weight is 312 g/mol. The van der Waals surface area contributed by atoms with Crippen molar-refractivity contribution in [1.29, 1.82) is 0 Å². The number of carbonyl (C=O) groups excluding carboxylic acids is 2. The van der Waals surface area contributed by atoms with Gasteiger partial charge in [0.2, 0.25) is 5.78 Å². The molecule has 0 rings (SSSR count). The van der Waals surface area contributed by atoms with Crippen molar-refractivity contribution in [1.82, 2.24) is 0 Å². The van der Waals surface area contributed by atoms with Crippen LogP contribution in [0.2, 0.25) is 0 Å². The van der Waals surface area contributed by atoms with Gasteiger partial charge in [-0.25, -0.2) is 4.79 Å². The zero-order valence-electron chi connectivity index (χ0n) is 15.2. The number of hydrogen-bond acceptors (Lipinski definition) is 3. The molecule has 0 aliphatic heterocycles. The number of ketones is 1. The molecule has 0 N–H and O–H groups in total. The normalized spacial score (nSPS) is 11.5. The Morgan fingerprint density at radius 2 is 1.14 bits per heavy atom. The van der Waals surface area contributed by atoms with Gasteiger partial charge in [-0.1, -0.05) is 71.1 Å². The van der Waals surface area contributed by atoms with Crippen molar-refractivity contribution < 1.29 is 14.3 Å². The Balaban J connectivity index is 3.39. The molecule has 0 aromatic heterocycles. The lowest BCUT2D eigenvalue weighted by atomic mass is 10.0. The molecule has 0 amide bonds. The Morgan fingerprint density at radius 1 is 0.727 bits per heavy atom. The summed E-state index contributed by atoms with van der Waals surface area (Å²) in [7, 11) is 0. The van der Waals surface area contributed by atoms with Crippen molar-refractivity contribution in [2.45, 2.75) is 110 Å². The summed E-state index contributed by atoms with van der Waals surface area (Å²) in [5, 5.41) is 0. The van der Waals surface area contributed by atoms with Crippen LogP contribution in [-0.4, -0.2) is 17.4 Å². The third kappa shape index (κ3) is 14.1. The minimum absolute atomic E-state index is 0.325. The first-order valence-electron chi connectivity index (χ1n) is 9.13. The third-order valence-corrected chi connectivity index (χ3v) is 3.63. The summed E-state index contributed by atoms with van der Waals surface area (Å²) in [6.45, 7) is 7.58. The highest BCUT2D eigenvalue weighted by atomic mass is 16.6. The van der Waals surface area contributed by atoms with Crippen LogP contribution in [0.15, 0.2) is 0 Å². The Kier molecular flexibility index (Phi) is 12.2. The van der Waals surface area contributed by atoms with Crippen molar-refractivity contribution in [3.05, 3.63) is 0 Å². The molecule has 0 fully saturated rings. The van der Waals surface area contributed by atoms with E-state index in [1.54, 1.807) is 20.8 Å². The molecule has 0 saturated heterocycles. The van der Waals surface area contributed by atoms with Crippen molar-refractivity contribution in [2.24, 2.45) is 0 Å². The number of Topliss-reactive ketones (excluding diaryl/α,β-unsaturated/α-hetero) is 1. The summed E-state index contributed by atoms with van der Waals surface area (Å²) < 4.78 is 5.06. The summed E-state index contributed by atoms with van der Waals surface area (Å²) in [6.07, 6.45) is 14.0. The minimum Gasteiger partial charge on any atom is -0.454 e. The molecule has 130 valence electrons. The van der Waals surface area contributed by atoms with Crippen molar-refractivity contribution in [3.8, 4) is 0 Å². The van der Waals surface area contributed by atoms with E-state index in [4.69, 9.17) is 4.74 Å². The Labute approximate surface area is 137 Å². The lowest BCUT2D eigenvalue weighted by Gasteiger charge is -2.18. The molecular formula is C19H36O3. The molecule has 0 aromatic rings. The van der Waals surface area contributed by atoms with E-state index in [0.717, 1.165) is 19.3 Å². The van der Waals surface area contributed by atoms with Crippen LogP contribution >= 0.6 is 0 Å². The molecule has 3 nitrogen and oxygen atoms in total. The molecule has 0 aliphatic rings. The monoisotopic (exact) mass is 312 g/mol. The lowest BCUT2D eigenvalue weighted by Crippen LogP contribution is -2.28. The molecule has 0 atom stereocenters. The number of ether oxygens (including phenoxy) is 1. The van der Waals surface area contributed by atoms with Gasteiger partial charge < -0.3 is 4.74 Å². The zero-order valence-corrected chi connectivity index (χ0v) is 15.2. The molecule has 0 unspecified atom stereocenters. The highest BCUT2D eigenvalue weighted by Gasteiger charge is 2.21. The van der Waals surface area contributed by atoms with Crippen LogP contribution < -0.4 is 0 Å². The van der Waals surface area contributed by atoms with Crippen LogP contribution in [0.25, 0.3) is 0 Å². The quantitative estimate of drug-likeness (QED) is 0.252. The molecule has 3 heteroatoms. The molecular weight excluding hydrogens is 276 g/mol. The van der Waals surface area contributed by atoms with Gasteiger partial charge in [0.15, 0.2) is 0 Å². The SMILES string of the molecule is CCCCCCCCCCCCCC(=O)C(=O)OC(C)(C)C. The highest BCUT2D eigenvalue weighted by Crippen LogP contribution is 2.13. The predicted octanol–water partition coefficient (Wildman–Crippen LogP) is 5.60. The second-order valence-electron chi connectivity index (χ2n) is 7.21. The van der Waals surface area contributed by atoms with Gasteiger partial charge in [-0.3, -0.25) is 4.79 Å². The van der Waals surface area contributed by atoms with Gasteiger partial charge in [0.05, 0.1) is 0 Å². The van der Waals surface area contributed by atoms with Gasteiger partial charge in [-0.15, -0.1) is 0 Å². The Hall–Kier alpha value is -0.860. The molecule has 0 aromatic carbocycles. The van der Waals surface area contributed by atoms with E-state index in [0.29, 0.717) is 6.42 Å². The van der Waals surface area contributed by atoms with E-state index in [-0.39, 0.29) is 5.78 Å². The first-order valence-corrected chi connectivity index (χ1v) is 9.13. The van der Waals surface area contributed by atoms with Crippen molar-refractivity contribution >= 4 is 11.8 Å². The maximum atomic E-state index is 11.6. The summed E-state index contributed by atoms with van der Waals surface area (Å²) in [4.78, 5) is 23.1. The van der Waals surface area contributed by atoms with E-state index in [1.165, 1.54) is 51.4 Å². The second kappa shape index (κ2) is 12.7. The fourth-order valence-electron chi connectivity index (χ4n) is 2.39. The van der Waals surface area contributed by atoms with Gasteiger partial charge in [-0.2, -0.15) is 0 Å². The Morgan fingerprint density at radius 3 is 1.55 bits per heavy atom. The van der Waals surface area contributed by atoms with E-state index in [9.17, 15) is 9.59 Å². The first kappa shape index (κ1) is 21.1. The molecule has 0 radical (unpaired) electrons. The van der Waals surface area contributed by atoms with Crippen LogP contribution in [-0.2, 0) is 14.3 Å². The predicted molar refractivity (Wildman–Crippen MR) is 91.9 cm³/mol. The third-order valence-electron chi connectivity index (χ3n) is 3.63. The van der Waals surface area contributed by atoms with Crippen LogP contribution in [0.1, 0.15) is 105 Å². The van der Waals surface area contributed by atoms with Crippen LogP contribution in [0.4, 0.5) is 0 Å². The van der Waals surface area contributed by atoms with Crippen LogP contribution in [0, 0.1) is 0 Å². The number of esters is 1. The molecule has 0 heterocycles. The summed E-state index contributed by atoms with van der Waals surface area (Å²) in [5.41, 5.74) is -0.579. The number of rotatable bonds is 13. The van der Waals surface area contributed by atoms with Gasteiger partial charge in [0, 0.05) is 6.42 Å². The fourth-order valence-corrected chi connectivity index (χ4v) is 2.39. The van der Waals surface area contributed by atoms with Crippen molar-refractivity contribution in [3.63, 3.8) is 0 Å². The van der Waals surface area contributed by atoms with Crippen LogP contribution in [0.3, 0.4) is 0 Å². The maximum absolute atomic E-state index is 11.6. The average Bonchev–Trinajstić information content (AvgIpc) is 2.42. The largest absolute Gasteiger partial charge is 0.454 e. The topological polar surface area (TPSA) is 43.4 Å². The van der Waals surface area contributed by atoms with E-state index in [1.807, 2.05) is 0 Å². The number of hydrogen-bond donors (Lipinski definition) is 0. The maximum Gasteiger partial charge on any atom is 0.375 e. The smallest absolute Gasteiger partial charge is 0.375 e.